The molecule has 0 unspecified atom stereocenters. The molecule has 21 heavy (non-hydrogen) atoms. The second kappa shape index (κ2) is 7.04. The maximum absolute atomic E-state index is 12.1. The predicted octanol–water partition coefficient (Wildman–Crippen LogP) is 2.10. The van der Waals surface area contributed by atoms with Gasteiger partial charge < -0.3 is 5.32 Å². The van der Waals surface area contributed by atoms with Crippen molar-refractivity contribution in [2.75, 3.05) is 0 Å². The molecule has 5 nitrogen and oxygen atoms in total. The summed E-state index contributed by atoms with van der Waals surface area (Å²) in [6.07, 6.45) is 4.56. The molecule has 112 valence electrons. The van der Waals surface area contributed by atoms with Crippen LogP contribution in [-0.2, 0) is 4.79 Å². The molecule has 0 saturated heterocycles. The van der Waals surface area contributed by atoms with Crippen molar-refractivity contribution in [1.82, 2.24) is 10.8 Å². The number of benzene rings is 1. The highest BCUT2D eigenvalue weighted by Gasteiger charge is 2.19. The van der Waals surface area contributed by atoms with Gasteiger partial charge in [-0.3, -0.25) is 14.8 Å². The summed E-state index contributed by atoms with van der Waals surface area (Å²) in [6, 6.07) is 7.62. The summed E-state index contributed by atoms with van der Waals surface area (Å²) in [5, 5.41) is 11.5. The van der Waals surface area contributed by atoms with E-state index in [2.05, 4.69) is 5.32 Å². The van der Waals surface area contributed by atoms with E-state index in [4.69, 9.17) is 5.21 Å². The third-order valence-corrected chi connectivity index (χ3v) is 3.72. The summed E-state index contributed by atoms with van der Waals surface area (Å²) in [6.45, 7) is 1.99. The third kappa shape index (κ3) is 4.43. The molecule has 2 rings (SSSR count). The minimum atomic E-state index is -0.493. The van der Waals surface area contributed by atoms with E-state index in [0.717, 1.165) is 36.8 Å². The van der Waals surface area contributed by atoms with Crippen molar-refractivity contribution < 1.29 is 14.8 Å². The van der Waals surface area contributed by atoms with Crippen LogP contribution in [0.2, 0.25) is 0 Å². The predicted molar refractivity (Wildman–Crippen MR) is 78.9 cm³/mol. The Balaban J connectivity index is 1.86. The van der Waals surface area contributed by atoms with Crippen LogP contribution in [0.3, 0.4) is 0 Å². The molecule has 1 saturated carbocycles. The lowest BCUT2D eigenvalue weighted by Crippen LogP contribution is -2.36. The second-order valence-electron chi connectivity index (χ2n) is 5.39. The summed E-state index contributed by atoms with van der Waals surface area (Å²) in [5.74, 6) is -0.548. The van der Waals surface area contributed by atoms with Crippen LogP contribution in [0.5, 0.6) is 0 Å². The van der Waals surface area contributed by atoms with Gasteiger partial charge >= 0.3 is 0 Å². The van der Waals surface area contributed by atoms with Gasteiger partial charge in [-0.25, -0.2) is 5.48 Å². The first-order valence-electron chi connectivity index (χ1n) is 7.09. The fourth-order valence-electron chi connectivity index (χ4n) is 2.47. The molecule has 1 aromatic rings. The summed E-state index contributed by atoms with van der Waals surface area (Å²) < 4.78 is 0. The summed E-state index contributed by atoms with van der Waals surface area (Å²) >= 11 is 0. The number of nitrogens with one attached hydrogen (secondary N) is 2. The van der Waals surface area contributed by atoms with Gasteiger partial charge in [-0.05, 0) is 44.7 Å². The highest BCUT2D eigenvalue weighted by Crippen LogP contribution is 2.23. The Morgan fingerprint density at radius 1 is 1.19 bits per heavy atom. The summed E-state index contributed by atoms with van der Waals surface area (Å²) in [5.41, 5.74) is 4.39. The maximum atomic E-state index is 12.1. The Morgan fingerprint density at radius 3 is 2.38 bits per heavy atom. The molecular weight excluding hydrogens is 268 g/mol. The first-order chi connectivity index (χ1) is 10.1. The van der Waals surface area contributed by atoms with Gasteiger partial charge in [-0.2, -0.15) is 0 Å². The molecule has 2 amide bonds. The molecule has 0 spiro atoms. The molecule has 0 aromatic heterocycles. The number of hydroxylamine groups is 1. The number of hydrogen-bond donors (Lipinski definition) is 3. The lowest BCUT2D eigenvalue weighted by molar-refractivity contribution is -0.124. The van der Waals surface area contributed by atoms with Gasteiger partial charge in [0.1, 0.15) is 0 Å². The quantitative estimate of drug-likeness (QED) is 0.453. The van der Waals surface area contributed by atoms with E-state index in [9.17, 15) is 9.59 Å². The fraction of sp³-hybridized carbons (Fsp3) is 0.375. The van der Waals surface area contributed by atoms with Crippen molar-refractivity contribution in [2.45, 2.75) is 38.6 Å². The lowest BCUT2D eigenvalue weighted by Gasteiger charge is -2.24. The van der Waals surface area contributed by atoms with Crippen molar-refractivity contribution in [1.29, 1.82) is 0 Å². The van der Waals surface area contributed by atoms with Gasteiger partial charge in [0, 0.05) is 17.7 Å². The largest absolute Gasteiger partial charge is 0.349 e. The number of carbonyl (C=O) groups excluding carboxylic acids is 2. The van der Waals surface area contributed by atoms with Crippen LogP contribution in [0.1, 0.15) is 41.6 Å². The molecule has 0 bridgehead atoms. The Morgan fingerprint density at radius 2 is 1.81 bits per heavy atom. The molecule has 1 aliphatic rings. The lowest BCUT2D eigenvalue weighted by atomic mass is 9.90. The van der Waals surface area contributed by atoms with Crippen LogP contribution in [-0.4, -0.2) is 23.1 Å². The number of allylic oxidation sites excluding steroid dienone is 1. The van der Waals surface area contributed by atoms with Crippen LogP contribution in [0, 0.1) is 6.92 Å². The van der Waals surface area contributed by atoms with E-state index in [1.807, 2.05) is 31.2 Å². The van der Waals surface area contributed by atoms with Crippen molar-refractivity contribution in [3.05, 3.63) is 47.0 Å². The van der Waals surface area contributed by atoms with E-state index in [0.29, 0.717) is 5.56 Å². The van der Waals surface area contributed by atoms with Gasteiger partial charge in [0.15, 0.2) is 0 Å². The molecule has 1 aliphatic carbocycles. The van der Waals surface area contributed by atoms with Crippen LogP contribution < -0.4 is 10.8 Å². The van der Waals surface area contributed by atoms with Crippen molar-refractivity contribution in [2.24, 2.45) is 0 Å². The average molecular weight is 288 g/mol. The molecule has 1 aromatic carbocycles. The van der Waals surface area contributed by atoms with Crippen molar-refractivity contribution >= 4 is 11.8 Å². The standard InChI is InChI=1S/C16H20N2O3/c1-11-2-6-13(7-3-11)16(20)17-14-8-4-12(5-9-14)10-15(19)18-21/h2-3,6-7,10,14,21H,4-5,8-9H2,1H3,(H,17,20)(H,18,19). The molecule has 3 N–H and O–H groups in total. The van der Waals surface area contributed by atoms with Crippen LogP contribution >= 0.6 is 0 Å². The van der Waals surface area contributed by atoms with E-state index in [1.54, 1.807) is 5.48 Å². The minimum absolute atomic E-state index is 0.0551. The first-order valence-corrected chi connectivity index (χ1v) is 7.09. The highest BCUT2D eigenvalue weighted by atomic mass is 16.5. The van der Waals surface area contributed by atoms with Gasteiger partial charge in [-0.1, -0.05) is 23.3 Å². The van der Waals surface area contributed by atoms with E-state index in [-0.39, 0.29) is 11.9 Å². The molecule has 5 heteroatoms. The Hall–Kier alpha value is -2.14. The minimum Gasteiger partial charge on any atom is -0.349 e. The van der Waals surface area contributed by atoms with E-state index >= 15 is 0 Å². The summed E-state index contributed by atoms with van der Waals surface area (Å²) in [4.78, 5) is 23.2. The van der Waals surface area contributed by atoms with Gasteiger partial charge in [0.05, 0.1) is 0 Å². The number of rotatable bonds is 3. The number of hydrogen-bond acceptors (Lipinski definition) is 3. The average Bonchev–Trinajstić information content (AvgIpc) is 2.49. The smallest absolute Gasteiger partial charge is 0.267 e. The third-order valence-electron chi connectivity index (χ3n) is 3.72. The second-order valence-corrected chi connectivity index (χ2v) is 5.39. The number of amides is 2. The molecule has 0 aliphatic heterocycles. The molecule has 0 atom stereocenters. The maximum Gasteiger partial charge on any atom is 0.267 e. The molecular formula is C16H20N2O3. The topological polar surface area (TPSA) is 78.4 Å². The monoisotopic (exact) mass is 288 g/mol. The fourth-order valence-corrected chi connectivity index (χ4v) is 2.47. The van der Waals surface area contributed by atoms with Crippen molar-refractivity contribution in [3.8, 4) is 0 Å². The Bertz CT molecular complexity index is 539. The van der Waals surface area contributed by atoms with Crippen LogP contribution in [0.25, 0.3) is 0 Å². The Labute approximate surface area is 124 Å². The van der Waals surface area contributed by atoms with Crippen molar-refractivity contribution in [3.63, 3.8) is 0 Å². The zero-order valence-electron chi connectivity index (χ0n) is 12.1. The SMILES string of the molecule is Cc1ccc(C(=O)NC2CCC(=CC(=O)NO)CC2)cc1. The molecule has 0 heterocycles. The van der Waals surface area contributed by atoms with Crippen LogP contribution in [0.15, 0.2) is 35.9 Å². The first kappa shape index (κ1) is 15.3. The van der Waals surface area contributed by atoms with Gasteiger partial charge in [0.2, 0.25) is 0 Å². The van der Waals surface area contributed by atoms with E-state index < -0.39 is 5.91 Å². The van der Waals surface area contributed by atoms with E-state index in [1.165, 1.54) is 6.08 Å². The molecule has 1 fully saturated rings. The van der Waals surface area contributed by atoms with Crippen LogP contribution in [0.4, 0.5) is 0 Å². The summed E-state index contributed by atoms with van der Waals surface area (Å²) in [7, 11) is 0. The number of aryl methyl sites for hydroxylation is 1. The highest BCUT2D eigenvalue weighted by molar-refractivity contribution is 5.94. The zero-order chi connectivity index (χ0) is 15.2. The normalized spacial score (nSPS) is 18.0. The Kier molecular flexibility index (Phi) is 5.11. The van der Waals surface area contributed by atoms with Gasteiger partial charge in [-0.15, -0.1) is 0 Å². The zero-order valence-corrected chi connectivity index (χ0v) is 12.1. The molecule has 0 radical (unpaired) electrons. The number of carbonyl (C=O) groups is 2. The van der Waals surface area contributed by atoms with Gasteiger partial charge in [0.25, 0.3) is 11.8 Å².